The molecule has 1 aliphatic rings. The van der Waals surface area contributed by atoms with Crippen molar-refractivity contribution >= 4 is 11.9 Å². The molecule has 0 unspecified atom stereocenters. The molecule has 0 saturated carbocycles. The molecule has 1 aliphatic heterocycles. The van der Waals surface area contributed by atoms with Crippen LogP contribution in [0.4, 0.5) is 0 Å². The fourth-order valence-corrected chi connectivity index (χ4v) is 2.48. The van der Waals surface area contributed by atoms with Crippen LogP contribution in [0.2, 0.25) is 0 Å². The first-order valence-electron chi connectivity index (χ1n) is 6.73. The molecule has 20 heavy (non-hydrogen) atoms. The van der Waals surface area contributed by atoms with Gasteiger partial charge in [-0.3, -0.25) is 4.79 Å². The number of benzene rings is 1. The van der Waals surface area contributed by atoms with Gasteiger partial charge in [0.1, 0.15) is 0 Å². The number of hydrogen-bond acceptors (Lipinski definition) is 3. The maximum absolute atomic E-state index is 12.3. The van der Waals surface area contributed by atoms with Crippen LogP contribution in [0.5, 0.6) is 0 Å². The van der Waals surface area contributed by atoms with Crippen LogP contribution in [0.3, 0.4) is 0 Å². The molecule has 1 heterocycles. The second kappa shape index (κ2) is 6.52. The van der Waals surface area contributed by atoms with Gasteiger partial charge in [-0.2, -0.15) is 0 Å². The number of ether oxygens (including phenoxy) is 1. The van der Waals surface area contributed by atoms with Crippen LogP contribution < -0.4 is 0 Å². The minimum Gasteiger partial charge on any atom is -0.478 e. The van der Waals surface area contributed by atoms with Crippen molar-refractivity contribution in [1.29, 1.82) is 0 Å². The number of methoxy groups -OCH3 is 1. The van der Waals surface area contributed by atoms with Gasteiger partial charge in [-0.15, -0.1) is 0 Å². The lowest BCUT2D eigenvalue weighted by atomic mass is 9.97. The molecule has 0 radical (unpaired) electrons. The summed E-state index contributed by atoms with van der Waals surface area (Å²) in [5.74, 6) is -0.486. The number of amides is 1. The Morgan fingerprint density at radius 3 is 2.25 bits per heavy atom. The number of aromatic carboxylic acids is 1. The van der Waals surface area contributed by atoms with E-state index < -0.39 is 5.97 Å². The highest BCUT2D eigenvalue weighted by Crippen LogP contribution is 2.19. The SMILES string of the molecule is COCC1CCN(C(=O)c2ccc(C(=O)O)cc2)CC1. The van der Waals surface area contributed by atoms with Gasteiger partial charge >= 0.3 is 5.97 Å². The van der Waals surface area contributed by atoms with Crippen LogP contribution in [0.15, 0.2) is 24.3 Å². The van der Waals surface area contributed by atoms with Crippen LogP contribution in [0.25, 0.3) is 0 Å². The van der Waals surface area contributed by atoms with Gasteiger partial charge in [-0.05, 0) is 43.0 Å². The Morgan fingerprint density at radius 1 is 1.20 bits per heavy atom. The quantitative estimate of drug-likeness (QED) is 0.912. The normalized spacial score (nSPS) is 16.1. The predicted octanol–water partition coefficient (Wildman–Crippen LogP) is 1.88. The Hall–Kier alpha value is -1.88. The van der Waals surface area contributed by atoms with Gasteiger partial charge in [-0.25, -0.2) is 4.79 Å². The second-order valence-corrected chi connectivity index (χ2v) is 5.07. The molecule has 2 rings (SSSR count). The molecule has 5 heteroatoms. The van der Waals surface area contributed by atoms with Gasteiger partial charge in [0.25, 0.3) is 5.91 Å². The third kappa shape index (κ3) is 3.36. The van der Waals surface area contributed by atoms with Crippen LogP contribution in [-0.2, 0) is 4.74 Å². The van der Waals surface area contributed by atoms with Crippen molar-refractivity contribution in [2.45, 2.75) is 12.8 Å². The summed E-state index contributed by atoms with van der Waals surface area (Å²) in [6.45, 7) is 2.20. The molecule has 1 aromatic rings. The molecular weight excluding hydrogens is 258 g/mol. The van der Waals surface area contributed by atoms with Gasteiger partial charge in [-0.1, -0.05) is 0 Å². The average molecular weight is 277 g/mol. The summed E-state index contributed by atoms with van der Waals surface area (Å²) in [6.07, 6.45) is 1.90. The molecule has 0 bridgehead atoms. The molecule has 1 amide bonds. The summed E-state index contributed by atoms with van der Waals surface area (Å²) in [5, 5.41) is 8.84. The molecule has 0 atom stereocenters. The van der Waals surface area contributed by atoms with Gasteiger partial charge < -0.3 is 14.7 Å². The van der Waals surface area contributed by atoms with E-state index in [1.54, 1.807) is 19.2 Å². The number of carboxylic acids is 1. The van der Waals surface area contributed by atoms with Crippen molar-refractivity contribution < 1.29 is 19.4 Å². The minimum absolute atomic E-state index is 0.0298. The summed E-state index contributed by atoms with van der Waals surface area (Å²) in [4.78, 5) is 24.9. The van der Waals surface area contributed by atoms with E-state index in [1.807, 2.05) is 4.90 Å². The van der Waals surface area contributed by atoms with E-state index in [-0.39, 0.29) is 11.5 Å². The van der Waals surface area contributed by atoms with Crippen molar-refractivity contribution in [3.63, 3.8) is 0 Å². The first kappa shape index (κ1) is 14.5. The van der Waals surface area contributed by atoms with Crippen LogP contribution in [0, 0.1) is 5.92 Å². The van der Waals surface area contributed by atoms with Gasteiger partial charge in [0.15, 0.2) is 0 Å². The van der Waals surface area contributed by atoms with E-state index >= 15 is 0 Å². The number of carboxylic acid groups (broad SMARTS) is 1. The lowest BCUT2D eigenvalue weighted by molar-refractivity contribution is 0.0612. The molecule has 0 spiro atoms. The smallest absolute Gasteiger partial charge is 0.335 e. The molecule has 1 saturated heterocycles. The number of carbonyl (C=O) groups excluding carboxylic acids is 1. The Kier molecular flexibility index (Phi) is 4.74. The van der Waals surface area contributed by atoms with Crippen molar-refractivity contribution in [1.82, 2.24) is 4.90 Å². The number of hydrogen-bond donors (Lipinski definition) is 1. The van der Waals surface area contributed by atoms with E-state index in [2.05, 4.69) is 0 Å². The third-order valence-corrected chi connectivity index (χ3v) is 3.68. The molecule has 1 N–H and O–H groups in total. The van der Waals surface area contributed by atoms with E-state index in [4.69, 9.17) is 9.84 Å². The van der Waals surface area contributed by atoms with E-state index in [0.717, 1.165) is 32.5 Å². The fraction of sp³-hybridized carbons (Fsp3) is 0.467. The largest absolute Gasteiger partial charge is 0.478 e. The summed E-state index contributed by atoms with van der Waals surface area (Å²) in [5.41, 5.74) is 0.737. The second-order valence-electron chi connectivity index (χ2n) is 5.07. The zero-order valence-corrected chi connectivity index (χ0v) is 11.5. The summed E-state index contributed by atoms with van der Waals surface area (Å²) >= 11 is 0. The minimum atomic E-state index is -0.982. The first-order chi connectivity index (χ1) is 9.61. The van der Waals surface area contributed by atoms with Crippen molar-refractivity contribution in [3.05, 3.63) is 35.4 Å². The predicted molar refractivity (Wildman–Crippen MR) is 73.9 cm³/mol. The van der Waals surface area contributed by atoms with E-state index in [9.17, 15) is 9.59 Å². The highest BCUT2D eigenvalue weighted by molar-refractivity contribution is 5.95. The fourth-order valence-electron chi connectivity index (χ4n) is 2.48. The highest BCUT2D eigenvalue weighted by atomic mass is 16.5. The Morgan fingerprint density at radius 2 is 1.75 bits per heavy atom. The number of likely N-dealkylation sites (tertiary alicyclic amines) is 1. The van der Waals surface area contributed by atoms with E-state index in [1.165, 1.54) is 12.1 Å². The topological polar surface area (TPSA) is 66.8 Å². The standard InChI is InChI=1S/C15H19NO4/c1-20-10-11-6-8-16(9-7-11)14(17)12-2-4-13(5-3-12)15(18)19/h2-5,11H,6-10H2,1H3,(H,18,19). The first-order valence-corrected chi connectivity index (χ1v) is 6.73. The zero-order chi connectivity index (χ0) is 14.5. The van der Waals surface area contributed by atoms with Crippen molar-refractivity contribution in [2.24, 2.45) is 5.92 Å². The monoisotopic (exact) mass is 277 g/mol. The number of piperidine rings is 1. The molecule has 0 aromatic heterocycles. The summed E-state index contributed by atoms with van der Waals surface area (Å²) in [7, 11) is 1.70. The van der Waals surface area contributed by atoms with Crippen LogP contribution >= 0.6 is 0 Å². The van der Waals surface area contributed by atoms with Crippen molar-refractivity contribution in [2.75, 3.05) is 26.8 Å². The molecular formula is C15H19NO4. The molecule has 5 nitrogen and oxygen atoms in total. The highest BCUT2D eigenvalue weighted by Gasteiger charge is 2.23. The molecule has 108 valence electrons. The van der Waals surface area contributed by atoms with Gasteiger partial charge in [0.2, 0.25) is 0 Å². The molecule has 0 aliphatic carbocycles. The lowest BCUT2D eigenvalue weighted by Gasteiger charge is -2.31. The lowest BCUT2D eigenvalue weighted by Crippen LogP contribution is -2.39. The number of rotatable bonds is 4. The van der Waals surface area contributed by atoms with Crippen molar-refractivity contribution in [3.8, 4) is 0 Å². The zero-order valence-electron chi connectivity index (χ0n) is 11.5. The van der Waals surface area contributed by atoms with Gasteiger partial charge in [0.05, 0.1) is 5.56 Å². The maximum atomic E-state index is 12.3. The summed E-state index contributed by atoms with van der Waals surface area (Å²) in [6, 6.07) is 6.08. The number of nitrogens with zero attached hydrogens (tertiary/aromatic N) is 1. The van der Waals surface area contributed by atoms with E-state index in [0.29, 0.717) is 11.5 Å². The van der Waals surface area contributed by atoms with Crippen LogP contribution in [-0.4, -0.2) is 48.7 Å². The summed E-state index contributed by atoms with van der Waals surface area (Å²) < 4.78 is 5.14. The number of carbonyl (C=O) groups is 2. The molecule has 1 aromatic carbocycles. The Bertz CT molecular complexity index is 475. The van der Waals surface area contributed by atoms with Gasteiger partial charge in [0, 0.05) is 32.4 Å². The Labute approximate surface area is 118 Å². The third-order valence-electron chi connectivity index (χ3n) is 3.68. The molecule has 1 fully saturated rings. The average Bonchev–Trinajstić information content (AvgIpc) is 2.48. The van der Waals surface area contributed by atoms with Crippen LogP contribution in [0.1, 0.15) is 33.6 Å². The maximum Gasteiger partial charge on any atom is 0.335 e. The Balaban J connectivity index is 1.96.